The standard InChI is InChI=1S/C18H22FNS/c1-4-15(20)11-14-6-5-7-16(19)18(14)21-17-10-12(2)8-9-13(17)3/h5-10,15H,4,11,20H2,1-3H3. The smallest absolute Gasteiger partial charge is 0.137 e. The predicted molar refractivity (Wildman–Crippen MR) is 88.4 cm³/mol. The third-order valence-corrected chi connectivity index (χ3v) is 4.93. The van der Waals surface area contributed by atoms with Crippen LogP contribution in [0.2, 0.25) is 0 Å². The number of aryl methyl sites for hydroxylation is 2. The van der Waals surface area contributed by atoms with Crippen LogP contribution < -0.4 is 5.73 Å². The van der Waals surface area contributed by atoms with Crippen LogP contribution in [0.25, 0.3) is 0 Å². The van der Waals surface area contributed by atoms with Gasteiger partial charge in [-0.3, -0.25) is 0 Å². The van der Waals surface area contributed by atoms with Crippen LogP contribution in [-0.4, -0.2) is 6.04 Å². The van der Waals surface area contributed by atoms with E-state index in [0.29, 0.717) is 11.3 Å². The van der Waals surface area contributed by atoms with Gasteiger partial charge in [0.2, 0.25) is 0 Å². The van der Waals surface area contributed by atoms with E-state index >= 15 is 0 Å². The van der Waals surface area contributed by atoms with Crippen molar-refractivity contribution in [2.45, 2.75) is 49.4 Å². The monoisotopic (exact) mass is 303 g/mol. The Morgan fingerprint density at radius 2 is 1.95 bits per heavy atom. The predicted octanol–water partition coefficient (Wildman–Crippen LogP) is 4.87. The lowest BCUT2D eigenvalue weighted by molar-refractivity contribution is 0.585. The average Bonchev–Trinajstić information content (AvgIpc) is 2.46. The number of rotatable bonds is 5. The lowest BCUT2D eigenvalue weighted by atomic mass is 10.0. The first-order valence-corrected chi connectivity index (χ1v) is 8.11. The molecular weight excluding hydrogens is 281 g/mol. The Balaban J connectivity index is 2.36. The quantitative estimate of drug-likeness (QED) is 0.852. The highest BCUT2D eigenvalue weighted by molar-refractivity contribution is 7.99. The zero-order valence-corrected chi connectivity index (χ0v) is 13.6. The van der Waals surface area contributed by atoms with Crippen LogP contribution in [-0.2, 0) is 6.42 Å². The minimum Gasteiger partial charge on any atom is -0.327 e. The molecular formula is C18H22FNS. The van der Waals surface area contributed by atoms with Crippen molar-refractivity contribution in [2.75, 3.05) is 0 Å². The van der Waals surface area contributed by atoms with Crippen molar-refractivity contribution >= 4 is 11.8 Å². The van der Waals surface area contributed by atoms with Crippen LogP contribution in [0.1, 0.15) is 30.0 Å². The van der Waals surface area contributed by atoms with E-state index in [1.165, 1.54) is 29.0 Å². The first-order valence-electron chi connectivity index (χ1n) is 7.29. The van der Waals surface area contributed by atoms with Gasteiger partial charge in [0.1, 0.15) is 5.82 Å². The summed E-state index contributed by atoms with van der Waals surface area (Å²) in [5.41, 5.74) is 9.39. The number of benzene rings is 2. The molecule has 0 saturated heterocycles. The maximum absolute atomic E-state index is 14.3. The lowest BCUT2D eigenvalue weighted by Crippen LogP contribution is -2.21. The Hall–Kier alpha value is -1.32. The molecule has 3 heteroatoms. The molecule has 2 aromatic carbocycles. The molecule has 2 rings (SSSR count). The molecule has 0 fully saturated rings. The van der Waals surface area contributed by atoms with Gasteiger partial charge in [0, 0.05) is 10.9 Å². The Morgan fingerprint density at radius 1 is 1.19 bits per heavy atom. The maximum atomic E-state index is 14.3. The molecule has 0 aliphatic rings. The fraction of sp³-hybridized carbons (Fsp3) is 0.333. The summed E-state index contributed by atoms with van der Waals surface area (Å²) in [6.07, 6.45) is 1.60. The van der Waals surface area contributed by atoms with E-state index in [9.17, 15) is 4.39 Å². The number of halogens is 1. The zero-order valence-electron chi connectivity index (χ0n) is 12.8. The molecule has 0 aliphatic heterocycles. The Morgan fingerprint density at radius 3 is 2.67 bits per heavy atom. The molecule has 0 bridgehead atoms. The summed E-state index contributed by atoms with van der Waals surface area (Å²) in [4.78, 5) is 1.81. The van der Waals surface area contributed by atoms with Crippen LogP contribution in [0.3, 0.4) is 0 Å². The van der Waals surface area contributed by atoms with Gasteiger partial charge in [-0.15, -0.1) is 0 Å². The average molecular weight is 303 g/mol. The van der Waals surface area contributed by atoms with Crippen molar-refractivity contribution in [3.8, 4) is 0 Å². The van der Waals surface area contributed by atoms with Gasteiger partial charge >= 0.3 is 0 Å². The van der Waals surface area contributed by atoms with Crippen molar-refractivity contribution in [1.82, 2.24) is 0 Å². The minimum absolute atomic E-state index is 0.0738. The van der Waals surface area contributed by atoms with E-state index in [0.717, 1.165) is 16.9 Å². The fourth-order valence-corrected chi connectivity index (χ4v) is 3.32. The van der Waals surface area contributed by atoms with E-state index in [-0.39, 0.29) is 11.9 Å². The van der Waals surface area contributed by atoms with Crippen LogP contribution in [0.4, 0.5) is 4.39 Å². The van der Waals surface area contributed by atoms with Gasteiger partial charge in [-0.2, -0.15) is 0 Å². The summed E-state index contributed by atoms with van der Waals surface area (Å²) in [6.45, 7) is 6.17. The van der Waals surface area contributed by atoms with Gasteiger partial charge in [-0.05, 0) is 55.5 Å². The molecule has 1 nitrogen and oxygen atoms in total. The molecule has 0 amide bonds. The molecule has 0 aromatic heterocycles. The van der Waals surface area contributed by atoms with Gasteiger partial charge in [-0.25, -0.2) is 4.39 Å². The van der Waals surface area contributed by atoms with E-state index in [2.05, 4.69) is 39.0 Å². The van der Waals surface area contributed by atoms with Crippen molar-refractivity contribution in [2.24, 2.45) is 5.73 Å². The second-order valence-corrected chi connectivity index (χ2v) is 6.52. The molecule has 2 N–H and O–H groups in total. The second kappa shape index (κ2) is 7.10. The van der Waals surface area contributed by atoms with Crippen molar-refractivity contribution in [1.29, 1.82) is 0 Å². The first-order chi connectivity index (χ1) is 10.0. The highest BCUT2D eigenvalue weighted by atomic mass is 32.2. The highest BCUT2D eigenvalue weighted by Crippen LogP contribution is 2.35. The largest absolute Gasteiger partial charge is 0.327 e. The van der Waals surface area contributed by atoms with E-state index in [1.807, 2.05) is 6.07 Å². The zero-order chi connectivity index (χ0) is 15.4. The highest BCUT2D eigenvalue weighted by Gasteiger charge is 2.13. The van der Waals surface area contributed by atoms with E-state index in [1.54, 1.807) is 6.07 Å². The Bertz CT molecular complexity index is 625. The molecule has 0 radical (unpaired) electrons. The maximum Gasteiger partial charge on any atom is 0.137 e. The van der Waals surface area contributed by atoms with Crippen molar-refractivity contribution in [3.05, 3.63) is 58.9 Å². The molecule has 2 aromatic rings. The van der Waals surface area contributed by atoms with Gasteiger partial charge in [0.25, 0.3) is 0 Å². The molecule has 112 valence electrons. The lowest BCUT2D eigenvalue weighted by Gasteiger charge is -2.15. The summed E-state index contributed by atoms with van der Waals surface area (Å²) in [7, 11) is 0. The number of hydrogen-bond acceptors (Lipinski definition) is 2. The van der Waals surface area contributed by atoms with Crippen molar-refractivity contribution < 1.29 is 4.39 Å². The van der Waals surface area contributed by atoms with E-state index in [4.69, 9.17) is 5.73 Å². The minimum atomic E-state index is -0.165. The van der Waals surface area contributed by atoms with Crippen LogP contribution in [0, 0.1) is 19.7 Å². The molecule has 0 spiro atoms. The van der Waals surface area contributed by atoms with Gasteiger partial charge < -0.3 is 5.73 Å². The summed E-state index contributed by atoms with van der Waals surface area (Å²) in [6, 6.07) is 11.6. The topological polar surface area (TPSA) is 26.0 Å². The first kappa shape index (κ1) is 16.1. The van der Waals surface area contributed by atoms with Gasteiger partial charge in [0.05, 0.1) is 4.90 Å². The molecule has 1 atom stereocenters. The van der Waals surface area contributed by atoms with E-state index < -0.39 is 0 Å². The molecule has 21 heavy (non-hydrogen) atoms. The fourth-order valence-electron chi connectivity index (χ4n) is 2.18. The molecule has 0 heterocycles. The molecule has 0 aliphatic carbocycles. The SMILES string of the molecule is CCC(N)Cc1cccc(F)c1Sc1cc(C)ccc1C. The summed E-state index contributed by atoms with van der Waals surface area (Å²) in [5.74, 6) is -0.165. The number of nitrogens with two attached hydrogens (primary N) is 1. The van der Waals surface area contributed by atoms with Crippen LogP contribution >= 0.6 is 11.8 Å². The number of hydrogen-bond donors (Lipinski definition) is 1. The molecule has 1 unspecified atom stereocenters. The molecule has 0 saturated carbocycles. The summed E-state index contributed by atoms with van der Waals surface area (Å²) < 4.78 is 14.3. The second-order valence-electron chi connectivity index (χ2n) is 5.47. The normalized spacial score (nSPS) is 12.4. The van der Waals surface area contributed by atoms with Crippen LogP contribution in [0.15, 0.2) is 46.2 Å². The van der Waals surface area contributed by atoms with Gasteiger partial charge in [0.15, 0.2) is 0 Å². The Kier molecular flexibility index (Phi) is 5.43. The van der Waals surface area contributed by atoms with Crippen LogP contribution in [0.5, 0.6) is 0 Å². The summed E-state index contributed by atoms with van der Waals surface area (Å²) in [5, 5.41) is 0. The third kappa shape index (κ3) is 4.08. The van der Waals surface area contributed by atoms with Crippen molar-refractivity contribution in [3.63, 3.8) is 0 Å². The third-order valence-electron chi connectivity index (χ3n) is 3.61. The summed E-state index contributed by atoms with van der Waals surface area (Å²) >= 11 is 1.50. The Labute approximate surface area is 130 Å². The van der Waals surface area contributed by atoms with Gasteiger partial charge in [-0.1, -0.05) is 43.0 Å².